The number of esters is 1. The number of ether oxygens (including phenoxy) is 2. The molecule has 0 radical (unpaired) electrons. The number of carbonyl (C=O) groups excluding carboxylic acids is 2. The van der Waals surface area contributed by atoms with E-state index >= 15 is 0 Å². The molecule has 7 nitrogen and oxygen atoms in total. The number of benzene rings is 2. The number of aryl methyl sites for hydroxylation is 1. The molecule has 1 N–H and O–H groups in total. The maximum Gasteiger partial charge on any atom is 0.328 e. The van der Waals surface area contributed by atoms with Crippen molar-refractivity contribution < 1.29 is 23.5 Å². The average Bonchev–Trinajstić information content (AvgIpc) is 3.16. The van der Waals surface area contributed by atoms with E-state index in [-0.39, 0.29) is 6.61 Å². The molecule has 2 aromatic carbocycles. The molecule has 1 heterocycles. The van der Waals surface area contributed by atoms with Gasteiger partial charge < -0.3 is 19.2 Å². The van der Waals surface area contributed by atoms with Crippen LogP contribution in [0.2, 0.25) is 0 Å². The molecule has 0 bridgehead atoms. The molecule has 0 fully saturated rings. The van der Waals surface area contributed by atoms with Crippen LogP contribution in [0.4, 0.5) is 0 Å². The van der Waals surface area contributed by atoms with Gasteiger partial charge in [-0.25, -0.2) is 9.78 Å². The summed E-state index contributed by atoms with van der Waals surface area (Å²) in [6.45, 7) is 4.35. The van der Waals surface area contributed by atoms with E-state index in [0.29, 0.717) is 37.5 Å². The van der Waals surface area contributed by atoms with Gasteiger partial charge in [-0.3, -0.25) is 4.79 Å². The second kappa shape index (κ2) is 11.0. The fourth-order valence-electron chi connectivity index (χ4n) is 3.12. The van der Waals surface area contributed by atoms with Crippen LogP contribution in [0, 0.1) is 6.92 Å². The molecule has 7 heteroatoms. The lowest BCUT2D eigenvalue weighted by Gasteiger charge is -2.15. The molecular formula is C24H26N2O5. The molecule has 1 amide bonds. The van der Waals surface area contributed by atoms with Crippen molar-refractivity contribution in [3.05, 3.63) is 71.6 Å². The molecule has 3 aromatic rings. The molecule has 0 saturated carbocycles. The lowest BCUT2D eigenvalue weighted by molar-refractivity contribution is -0.146. The number of nitrogens with zero attached hydrogens (tertiary/aromatic N) is 1. The van der Waals surface area contributed by atoms with Crippen molar-refractivity contribution >= 4 is 12.4 Å². The number of aromatic nitrogens is 1. The SMILES string of the molecule is CCOC(=O)[C@H](Cc1ccc(OCCc2nc(-c3ccccc3)oc2C)cc1)NC=O. The number of hydrogen-bond donors (Lipinski definition) is 1. The van der Waals surface area contributed by atoms with Crippen molar-refractivity contribution in [1.29, 1.82) is 0 Å². The highest BCUT2D eigenvalue weighted by Gasteiger charge is 2.19. The first-order chi connectivity index (χ1) is 15.1. The molecule has 0 unspecified atom stereocenters. The first-order valence-electron chi connectivity index (χ1n) is 10.2. The van der Waals surface area contributed by atoms with Gasteiger partial charge >= 0.3 is 5.97 Å². The Balaban J connectivity index is 1.53. The van der Waals surface area contributed by atoms with Crippen LogP contribution in [-0.2, 0) is 27.2 Å². The van der Waals surface area contributed by atoms with E-state index in [4.69, 9.17) is 13.9 Å². The van der Waals surface area contributed by atoms with Gasteiger partial charge in [-0.1, -0.05) is 30.3 Å². The Hall–Kier alpha value is -3.61. The summed E-state index contributed by atoms with van der Waals surface area (Å²) in [7, 11) is 0. The third-order valence-electron chi connectivity index (χ3n) is 4.72. The van der Waals surface area contributed by atoms with Crippen LogP contribution >= 0.6 is 0 Å². The van der Waals surface area contributed by atoms with Gasteiger partial charge in [0.05, 0.1) is 18.9 Å². The summed E-state index contributed by atoms with van der Waals surface area (Å²) in [4.78, 5) is 27.3. The third kappa shape index (κ3) is 6.18. The maximum atomic E-state index is 11.9. The average molecular weight is 422 g/mol. The Bertz CT molecular complexity index is 983. The second-order valence-corrected chi connectivity index (χ2v) is 6.92. The molecule has 0 saturated heterocycles. The Labute approximate surface area is 181 Å². The Morgan fingerprint density at radius 1 is 1.16 bits per heavy atom. The second-order valence-electron chi connectivity index (χ2n) is 6.92. The van der Waals surface area contributed by atoms with Crippen LogP contribution in [0.15, 0.2) is 59.0 Å². The summed E-state index contributed by atoms with van der Waals surface area (Å²) in [5.74, 6) is 1.65. The van der Waals surface area contributed by atoms with Crippen molar-refractivity contribution in [3.63, 3.8) is 0 Å². The van der Waals surface area contributed by atoms with E-state index in [9.17, 15) is 9.59 Å². The summed E-state index contributed by atoms with van der Waals surface area (Å²) >= 11 is 0. The normalized spacial score (nSPS) is 11.5. The van der Waals surface area contributed by atoms with E-state index < -0.39 is 12.0 Å². The van der Waals surface area contributed by atoms with Crippen LogP contribution in [0.25, 0.3) is 11.5 Å². The van der Waals surface area contributed by atoms with Crippen molar-refractivity contribution in [1.82, 2.24) is 10.3 Å². The summed E-state index contributed by atoms with van der Waals surface area (Å²) in [6.07, 6.45) is 1.48. The smallest absolute Gasteiger partial charge is 0.328 e. The summed E-state index contributed by atoms with van der Waals surface area (Å²) in [6, 6.07) is 16.5. The molecule has 0 aliphatic carbocycles. The highest BCUT2D eigenvalue weighted by Crippen LogP contribution is 2.22. The zero-order valence-corrected chi connectivity index (χ0v) is 17.7. The summed E-state index contributed by atoms with van der Waals surface area (Å²) in [5.41, 5.74) is 2.70. The largest absolute Gasteiger partial charge is 0.493 e. The minimum Gasteiger partial charge on any atom is -0.493 e. The molecule has 1 aromatic heterocycles. The van der Waals surface area contributed by atoms with Crippen molar-refractivity contribution in [3.8, 4) is 17.2 Å². The van der Waals surface area contributed by atoms with Crippen LogP contribution in [0.3, 0.4) is 0 Å². The topological polar surface area (TPSA) is 90.7 Å². The van der Waals surface area contributed by atoms with E-state index in [1.165, 1.54) is 0 Å². The van der Waals surface area contributed by atoms with Gasteiger partial charge in [-0.2, -0.15) is 0 Å². The van der Waals surface area contributed by atoms with Crippen LogP contribution in [0.5, 0.6) is 5.75 Å². The van der Waals surface area contributed by atoms with Crippen LogP contribution in [0.1, 0.15) is 23.9 Å². The predicted molar refractivity (Wildman–Crippen MR) is 116 cm³/mol. The Morgan fingerprint density at radius 2 is 1.90 bits per heavy atom. The monoisotopic (exact) mass is 422 g/mol. The van der Waals surface area contributed by atoms with E-state index in [2.05, 4.69) is 10.3 Å². The zero-order valence-electron chi connectivity index (χ0n) is 17.7. The molecule has 0 aliphatic heterocycles. The van der Waals surface area contributed by atoms with E-state index in [0.717, 1.165) is 22.6 Å². The molecular weight excluding hydrogens is 396 g/mol. The number of oxazole rings is 1. The van der Waals surface area contributed by atoms with Gasteiger partial charge in [0, 0.05) is 18.4 Å². The highest BCUT2D eigenvalue weighted by molar-refractivity contribution is 5.78. The van der Waals surface area contributed by atoms with Gasteiger partial charge in [0.25, 0.3) is 0 Å². The minimum atomic E-state index is -0.710. The van der Waals surface area contributed by atoms with Crippen molar-refractivity contribution in [2.75, 3.05) is 13.2 Å². The predicted octanol–water partition coefficient (Wildman–Crippen LogP) is 3.49. The lowest BCUT2D eigenvalue weighted by Crippen LogP contribution is -2.39. The maximum absolute atomic E-state index is 11.9. The highest BCUT2D eigenvalue weighted by atomic mass is 16.5. The van der Waals surface area contributed by atoms with Crippen LogP contribution in [-0.4, -0.2) is 36.6 Å². The quantitative estimate of drug-likeness (QED) is 0.376. The summed E-state index contributed by atoms with van der Waals surface area (Å²) < 4.78 is 16.6. The Kier molecular flexibility index (Phi) is 7.81. The van der Waals surface area contributed by atoms with Gasteiger partial charge in [0.15, 0.2) is 0 Å². The number of carbonyl (C=O) groups is 2. The molecule has 3 rings (SSSR count). The van der Waals surface area contributed by atoms with Crippen molar-refractivity contribution in [2.45, 2.75) is 32.7 Å². The first-order valence-corrected chi connectivity index (χ1v) is 10.2. The fraction of sp³-hybridized carbons (Fsp3) is 0.292. The number of rotatable bonds is 11. The van der Waals surface area contributed by atoms with Crippen molar-refractivity contribution in [2.24, 2.45) is 0 Å². The number of hydrogen-bond acceptors (Lipinski definition) is 6. The van der Waals surface area contributed by atoms with Crippen LogP contribution < -0.4 is 10.1 Å². The molecule has 162 valence electrons. The molecule has 0 aliphatic rings. The Morgan fingerprint density at radius 3 is 2.58 bits per heavy atom. The minimum absolute atomic E-state index is 0.264. The van der Waals surface area contributed by atoms with E-state index in [1.54, 1.807) is 6.92 Å². The number of amides is 1. The molecule has 31 heavy (non-hydrogen) atoms. The van der Waals surface area contributed by atoms with E-state index in [1.807, 2.05) is 61.5 Å². The van der Waals surface area contributed by atoms with Gasteiger partial charge in [0.2, 0.25) is 12.3 Å². The molecule has 1 atom stereocenters. The third-order valence-corrected chi connectivity index (χ3v) is 4.72. The first kappa shape index (κ1) is 22.1. The van der Waals surface area contributed by atoms with Gasteiger partial charge in [0.1, 0.15) is 17.6 Å². The fourth-order valence-corrected chi connectivity index (χ4v) is 3.12. The summed E-state index contributed by atoms with van der Waals surface area (Å²) in [5, 5.41) is 2.50. The van der Waals surface area contributed by atoms with Gasteiger partial charge in [-0.05, 0) is 43.7 Å². The number of nitrogens with one attached hydrogen (secondary N) is 1. The van der Waals surface area contributed by atoms with Gasteiger partial charge in [-0.15, -0.1) is 0 Å². The molecule has 0 spiro atoms. The zero-order chi connectivity index (χ0) is 22.1. The standard InChI is InChI=1S/C24H26N2O5/c1-3-29-24(28)22(25-16-27)15-18-9-11-20(12-10-18)30-14-13-21-17(2)31-23(26-21)19-7-5-4-6-8-19/h4-12,16,22H,3,13-15H2,1-2H3,(H,25,27)/t22-/m0/s1. The lowest BCUT2D eigenvalue weighted by atomic mass is 10.1.